The van der Waals surface area contributed by atoms with Crippen molar-refractivity contribution in [1.82, 2.24) is 0 Å². The van der Waals surface area contributed by atoms with E-state index in [1.54, 1.807) is 16.7 Å². The maximum Gasteiger partial charge on any atom is 0.0283 e. The summed E-state index contributed by atoms with van der Waals surface area (Å²) in [6.07, 6.45) is 18.6. The molecule has 6 rings (SSSR count). The van der Waals surface area contributed by atoms with Gasteiger partial charge >= 0.3 is 0 Å². The molecule has 0 aliphatic heterocycles. The number of halogens is 1. The molecule has 0 amide bonds. The van der Waals surface area contributed by atoms with Crippen LogP contribution in [0.3, 0.4) is 0 Å². The van der Waals surface area contributed by atoms with Crippen molar-refractivity contribution in [3.63, 3.8) is 0 Å². The van der Waals surface area contributed by atoms with Crippen LogP contribution in [0, 0.1) is 5.41 Å². The molecule has 4 saturated carbocycles. The van der Waals surface area contributed by atoms with Crippen LogP contribution >= 0.6 is 15.9 Å². The average Bonchev–Trinajstić information content (AvgIpc) is 2.76. The lowest BCUT2D eigenvalue weighted by atomic mass is 9.36. The zero-order valence-corrected chi connectivity index (χ0v) is 20.4. The van der Waals surface area contributed by atoms with Gasteiger partial charge in [-0.2, -0.15) is 0 Å². The molecule has 0 heterocycles. The molecule has 0 radical (unpaired) electrons. The van der Waals surface area contributed by atoms with Crippen molar-refractivity contribution in [2.24, 2.45) is 5.41 Å². The molecule has 0 N–H and O–H groups in total. The van der Waals surface area contributed by atoms with Crippen LogP contribution in [0.2, 0.25) is 0 Å². The van der Waals surface area contributed by atoms with Gasteiger partial charge in [-0.1, -0.05) is 113 Å². The number of hydrogen-bond acceptors (Lipinski definition) is 0. The van der Waals surface area contributed by atoms with Crippen LogP contribution in [0.25, 0.3) is 0 Å². The number of rotatable bonds is 5. The second kappa shape index (κ2) is 7.62. The Morgan fingerprint density at radius 3 is 1.77 bits per heavy atom. The molecule has 0 aromatic heterocycles. The van der Waals surface area contributed by atoms with Crippen LogP contribution in [0.15, 0.2) is 96.6 Å². The van der Waals surface area contributed by atoms with Crippen molar-refractivity contribution in [2.45, 2.75) is 67.5 Å². The van der Waals surface area contributed by atoms with Crippen molar-refractivity contribution in [3.05, 3.63) is 108 Å². The first-order chi connectivity index (χ1) is 14.9. The highest BCUT2D eigenvalue weighted by Gasteiger charge is 2.68. The molecule has 0 nitrogen and oxygen atoms in total. The molecular formula is C30H33Br. The topological polar surface area (TPSA) is 0 Å². The quantitative estimate of drug-likeness (QED) is 0.302. The Morgan fingerprint density at radius 1 is 0.710 bits per heavy atom. The maximum atomic E-state index is 4.36. The third-order valence-electron chi connectivity index (χ3n) is 8.37. The summed E-state index contributed by atoms with van der Waals surface area (Å²) in [5.41, 5.74) is 5.34. The van der Waals surface area contributed by atoms with E-state index < -0.39 is 0 Å². The summed E-state index contributed by atoms with van der Waals surface area (Å²) in [6, 6.07) is 22.8. The minimum Gasteiger partial charge on any atom is -0.0877 e. The summed E-state index contributed by atoms with van der Waals surface area (Å²) in [4.78, 5) is 0. The van der Waals surface area contributed by atoms with E-state index in [9.17, 15) is 0 Å². The van der Waals surface area contributed by atoms with Crippen LogP contribution in [-0.4, -0.2) is 4.32 Å². The predicted octanol–water partition coefficient (Wildman–Crippen LogP) is 8.44. The fourth-order valence-corrected chi connectivity index (χ4v) is 9.29. The largest absolute Gasteiger partial charge is 0.0877 e. The third kappa shape index (κ3) is 3.50. The molecule has 0 spiro atoms. The number of alkyl halides is 1. The van der Waals surface area contributed by atoms with E-state index in [1.165, 1.54) is 38.5 Å². The summed E-state index contributed by atoms with van der Waals surface area (Å²) in [5, 5.41) is 0. The van der Waals surface area contributed by atoms with Gasteiger partial charge in [0.1, 0.15) is 0 Å². The normalized spacial score (nSPS) is 37.2. The molecule has 160 valence electrons. The molecule has 4 aliphatic carbocycles. The van der Waals surface area contributed by atoms with Crippen molar-refractivity contribution >= 4 is 15.9 Å². The lowest BCUT2D eigenvalue weighted by Gasteiger charge is -2.70. The Labute approximate surface area is 196 Å². The average molecular weight is 473 g/mol. The molecule has 31 heavy (non-hydrogen) atoms. The highest BCUT2D eigenvalue weighted by molar-refractivity contribution is 9.10. The first-order valence-electron chi connectivity index (χ1n) is 11.7. The number of hydrogen-bond donors (Lipinski definition) is 0. The molecule has 4 aliphatic rings. The van der Waals surface area contributed by atoms with Crippen LogP contribution in [0.1, 0.15) is 63.5 Å². The van der Waals surface area contributed by atoms with Crippen LogP contribution in [0.4, 0.5) is 0 Å². The molecule has 2 unspecified atom stereocenters. The van der Waals surface area contributed by atoms with Gasteiger partial charge in [-0.05, 0) is 79.7 Å². The smallest absolute Gasteiger partial charge is 0.0283 e. The van der Waals surface area contributed by atoms with Crippen molar-refractivity contribution in [3.8, 4) is 0 Å². The van der Waals surface area contributed by atoms with E-state index in [-0.39, 0.29) is 20.6 Å². The Hall–Kier alpha value is -1.86. The van der Waals surface area contributed by atoms with E-state index in [2.05, 4.69) is 121 Å². The molecule has 2 aromatic rings. The van der Waals surface area contributed by atoms with E-state index in [0.717, 1.165) is 0 Å². The second-order valence-electron chi connectivity index (χ2n) is 10.5. The summed E-state index contributed by atoms with van der Waals surface area (Å²) < 4.78 is 0.204. The summed E-state index contributed by atoms with van der Waals surface area (Å²) in [5.74, 6) is 0. The summed E-state index contributed by atoms with van der Waals surface area (Å²) in [7, 11) is 0. The SMILES string of the molecule is C\C=C/C=C\C=C(/C)C12CC3(Br)CC(c4ccccc4)(C1)CC(c1ccccc1)(C3)C2. The van der Waals surface area contributed by atoms with Crippen molar-refractivity contribution in [2.75, 3.05) is 0 Å². The lowest BCUT2D eigenvalue weighted by molar-refractivity contribution is -0.0542. The van der Waals surface area contributed by atoms with Crippen LogP contribution < -0.4 is 0 Å². The van der Waals surface area contributed by atoms with Crippen LogP contribution in [0.5, 0.6) is 0 Å². The van der Waals surface area contributed by atoms with Gasteiger partial charge in [-0.3, -0.25) is 0 Å². The molecule has 0 saturated heterocycles. The Kier molecular flexibility index (Phi) is 5.17. The fourth-order valence-electron chi connectivity index (χ4n) is 7.68. The highest BCUT2D eigenvalue weighted by Crippen LogP contribution is 2.75. The molecule has 4 bridgehead atoms. The van der Waals surface area contributed by atoms with Gasteiger partial charge in [0.2, 0.25) is 0 Å². The van der Waals surface area contributed by atoms with Gasteiger partial charge in [-0.15, -0.1) is 0 Å². The standard InChI is InChI=1S/C30H33Br/c1-3-4-5-8-13-24(2)27-18-28(25-14-9-6-10-15-25)20-29(19-27,23-30(31,21-27)22-28)26-16-11-7-12-17-26/h3-17H,18-23H2,1-2H3/b4-3-,8-5-,24-13+. The van der Waals surface area contributed by atoms with Gasteiger partial charge in [0.05, 0.1) is 0 Å². The minimum atomic E-state index is 0.204. The van der Waals surface area contributed by atoms with Crippen LogP contribution in [-0.2, 0) is 10.8 Å². The summed E-state index contributed by atoms with van der Waals surface area (Å²) in [6.45, 7) is 4.46. The molecular weight excluding hydrogens is 440 g/mol. The maximum absolute atomic E-state index is 4.36. The zero-order chi connectivity index (χ0) is 21.6. The van der Waals surface area contributed by atoms with Gasteiger partial charge in [0.15, 0.2) is 0 Å². The van der Waals surface area contributed by atoms with E-state index in [4.69, 9.17) is 0 Å². The van der Waals surface area contributed by atoms with Gasteiger partial charge in [0, 0.05) is 4.32 Å². The first-order valence-corrected chi connectivity index (χ1v) is 12.5. The van der Waals surface area contributed by atoms with E-state index in [0.29, 0.717) is 0 Å². The third-order valence-corrected chi connectivity index (χ3v) is 9.21. The predicted molar refractivity (Wildman–Crippen MR) is 136 cm³/mol. The zero-order valence-electron chi connectivity index (χ0n) is 18.8. The van der Waals surface area contributed by atoms with Gasteiger partial charge in [-0.25, -0.2) is 0 Å². The van der Waals surface area contributed by atoms with E-state index >= 15 is 0 Å². The van der Waals surface area contributed by atoms with Crippen molar-refractivity contribution in [1.29, 1.82) is 0 Å². The van der Waals surface area contributed by atoms with Gasteiger partial charge < -0.3 is 0 Å². The fraction of sp³-hybridized carbons (Fsp3) is 0.400. The summed E-state index contributed by atoms with van der Waals surface area (Å²) >= 11 is 4.36. The highest BCUT2D eigenvalue weighted by atomic mass is 79.9. The first kappa shape index (κ1) is 21.0. The lowest BCUT2D eigenvalue weighted by Crippen LogP contribution is -2.65. The van der Waals surface area contributed by atoms with E-state index in [1.807, 2.05) is 0 Å². The minimum absolute atomic E-state index is 0.204. The molecule has 2 atom stereocenters. The molecule has 4 fully saturated rings. The Morgan fingerprint density at radius 2 is 1.26 bits per heavy atom. The van der Waals surface area contributed by atoms with Gasteiger partial charge in [0.25, 0.3) is 0 Å². The molecule has 1 heteroatoms. The second-order valence-corrected chi connectivity index (χ2v) is 12.2. The Bertz CT molecular complexity index is 971. The molecule has 2 aromatic carbocycles. The Balaban J connectivity index is 1.67. The number of benzene rings is 2. The monoisotopic (exact) mass is 472 g/mol. The van der Waals surface area contributed by atoms with Crippen molar-refractivity contribution < 1.29 is 0 Å². The number of allylic oxidation sites excluding steroid dienone is 6.